The predicted molar refractivity (Wildman–Crippen MR) is 76.7 cm³/mol. The van der Waals surface area contributed by atoms with Gasteiger partial charge in [-0.15, -0.1) is 0 Å². The molecule has 1 aliphatic heterocycles. The van der Waals surface area contributed by atoms with Crippen LogP contribution in [0.5, 0.6) is 0 Å². The standard InChI is InChI=1S/C15H16N4O2/c20-15(13-6-9-16-14-7-10-18-19(13)14)17-8-3-5-12-4-1-2-11-21-12/h6-7,9-10,12H,1-2,4,8,11H2,(H,17,20). The molecule has 3 rings (SSSR count). The van der Waals surface area contributed by atoms with Crippen LogP contribution in [0.2, 0.25) is 0 Å². The Morgan fingerprint density at radius 3 is 3.24 bits per heavy atom. The Kier molecular flexibility index (Phi) is 4.12. The van der Waals surface area contributed by atoms with Crippen molar-refractivity contribution in [3.63, 3.8) is 0 Å². The van der Waals surface area contributed by atoms with Crippen molar-refractivity contribution in [2.75, 3.05) is 13.2 Å². The zero-order valence-electron chi connectivity index (χ0n) is 11.6. The van der Waals surface area contributed by atoms with E-state index in [1.165, 1.54) is 4.52 Å². The van der Waals surface area contributed by atoms with Crippen molar-refractivity contribution < 1.29 is 9.53 Å². The molecular weight excluding hydrogens is 268 g/mol. The van der Waals surface area contributed by atoms with E-state index < -0.39 is 0 Å². The lowest BCUT2D eigenvalue weighted by Gasteiger charge is -2.17. The number of amides is 1. The van der Waals surface area contributed by atoms with Crippen LogP contribution in [0.4, 0.5) is 0 Å². The highest BCUT2D eigenvalue weighted by atomic mass is 16.5. The third-order valence-corrected chi connectivity index (χ3v) is 3.30. The summed E-state index contributed by atoms with van der Waals surface area (Å²) in [5, 5.41) is 6.84. The van der Waals surface area contributed by atoms with Gasteiger partial charge in [-0.1, -0.05) is 11.8 Å². The van der Waals surface area contributed by atoms with E-state index in [-0.39, 0.29) is 12.0 Å². The SMILES string of the molecule is O=C(NCC#CC1CCCCO1)c1ccnc2ccnn12. The first kappa shape index (κ1) is 13.6. The van der Waals surface area contributed by atoms with Crippen LogP contribution in [0, 0.1) is 11.8 Å². The largest absolute Gasteiger partial charge is 0.366 e. The lowest BCUT2D eigenvalue weighted by Crippen LogP contribution is -2.26. The second-order valence-electron chi connectivity index (χ2n) is 4.79. The average molecular weight is 284 g/mol. The van der Waals surface area contributed by atoms with E-state index in [0.29, 0.717) is 17.9 Å². The first-order valence-electron chi connectivity index (χ1n) is 7.01. The summed E-state index contributed by atoms with van der Waals surface area (Å²) in [6, 6.07) is 3.38. The molecule has 1 fully saturated rings. The van der Waals surface area contributed by atoms with Crippen LogP contribution in [0.25, 0.3) is 5.65 Å². The van der Waals surface area contributed by atoms with E-state index in [4.69, 9.17) is 4.74 Å². The van der Waals surface area contributed by atoms with E-state index in [1.807, 2.05) is 0 Å². The Labute approximate surface area is 122 Å². The highest BCUT2D eigenvalue weighted by Gasteiger charge is 2.11. The van der Waals surface area contributed by atoms with E-state index in [0.717, 1.165) is 25.9 Å². The monoisotopic (exact) mass is 284 g/mol. The summed E-state index contributed by atoms with van der Waals surface area (Å²) < 4.78 is 7.02. The predicted octanol–water partition coefficient (Wildman–Crippen LogP) is 1.03. The summed E-state index contributed by atoms with van der Waals surface area (Å²) in [6.45, 7) is 1.07. The van der Waals surface area contributed by atoms with Gasteiger partial charge in [0.2, 0.25) is 0 Å². The fourth-order valence-electron chi connectivity index (χ4n) is 2.24. The topological polar surface area (TPSA) is 68.5 Å². The van der Waals surface area contributed by atoms with Crippen molar-refractivity contribution in [1.82, 2.24) is 19.9 Å². The maximum Gasteiger partial charge on any atom is 0.270 e. The molecule has 0 aliphatic carbocycles. The molecule has 1 amide bonds. The maximum absolute atomic E-state index is 12.1. The molecule has 1 saturated heterocycles. The molecule has 0 radical (unpaired) electrons. The van der Waals surface area contributed by atoms with Crippen LogP contribution >= 0.6 is 0 Å². The molecule has 3 heterocycles. The van der Waals surface area contributed by atoms with Gasteiger partial charge >= 0.3 is 0 Å². The first-order valence-corrected chi connectivity index (χ1v) is 7.01. The molecule has 0 aromatic carbocycles. The fourth-order valence-corrected chi connectivity index (χ4v) is 2.24. The van der Waals surface area contributed by atoms with Crippen LogP contribution in [-0.4, -0.2) is 39.8 Å². The minimum Gasteiger partial charge on any atom is -0.366 e. The molecular formula is C15H16N4O2. The van der Waals surface area contributed by atoms with Crippen molar-refractivity contribution in [3.05, 3.63) is 30.2 Å². The molecule has 108 valence electrons. The van der Waals surface area contributed by atoms with Crippen LogP contribution in [-0.2, 0) is 4.74 Å². The van der Waals surface area contributed by atoms with Crippen molar-refractivity contribution in [2.45, 2.75) is 25.4 Å². The number of hydrogen-bond acceptors (Lipinski definition) is 4. The number of carbonyl (C=O) groups excluding carboxylic acids is 1. The molecule has 2 aromatic rings. The van der Waals surface area contributed by atoms with Crippen LogP contribution in [0.3, 0.4) is 0 Å². The van der Waals surface area contributed by atoms with Gasteiger partial charge in [-0.2, -0.15) is 5.10 Å². The number of aromatic nitrogens is 3. The Bertz CT molecular complexity index is 692. The molecule has 1 N–H and O–H groups in total. The molecule has 2 aromatic heterocycles. The zero-order valence-corrected chi connectivity index (χ0v) is 11.6. The number of hydrogen-bond donors (Lipinski definition) is 1. The molecule has 21 heavy (non-hydrogen) atoms. The molecule has 6 nitrogen and oxygen atoms in total. The number of ether oxygens (including phenoxy) is 1. The third-order valence-electron chi connectivity index (χ3n) is 3.30. The minimum absolute atomic E-state index is 0.00870. The smallest absolute Gasteiger partial charge is 0.270 e. The number of nitrogens with zero attached hydrogens (tertiary/aromatic N) is 3. The molecule has 1 unspecified atom stereocenters. The number of fused-ring (bicyclic) bond motifs is 1. The zero-order chi connectivity index (χ0) is 14.5. The van der Waals surface area contributed by atoms with Crippen molar-refractivity contribution >= 4 is 11.6 Å². The van der Waals surface area contributed by atoms with E-state index in [2.05, 4.69) is 27.2 Å². The van der Waals surface area contributed by atoms with Gasteiger partial charge in [-0.25, -0.2) is 9.50 Å². The van der Waals surface area contributed by atoms with Crippen LogP contribution in [0.1, 0.15) is 29.8 Å². The maximum atomic E-state index is 12.1. The number of nitrogens with one attached hydrogen (secondary N) is 1. The van der Waals surface area contributed by atoms with Gasteiger partial charge in [0.05, 0.1) is 12.7 Å². The normalized spacial score (nSPS) is 18.0. The molecule has 0 spiro atoms. The highest BCUT2D eigenvalue weighted by Crippen LogP contribution is 2.11. The Hall–Kier alpha value is -2.39. The Balaban J connectivity index is 1.59. The van der Waals surface area contributed by atoms with E-state index in [1.54, 1.807) is 24.5 Å². The van der Waals surface area contributed by atoms with E-state index >= 15 is 0 Å². The van der Waals surface area contributed by atoms with Gasteiger partial charge in [0.15, 0.2) is 5.65 Å². The Morgan fingerprint density at radius 2 is 2.38 bits per heavy atom. The van der Waals surface area contributed by atoms with Gasteiger partial charge < -0.3 is 10.1 Å². The van der Waals surface area contributed by atoms with Crippen molar-refractivity contribution in [1.29, 1.82) is 0 Å². The summed E-state index contributed by atoms with van der Waals surface area (Å²) in [5.74, 6) is 5.77. The second kappa shape index (κ2) is 6.37. The summed E-state index contributed by atoms with van der Waals surface area (Å²) in [6.07, 6.45) is 6.44. The number of rotatable bonds is 2. The summed E-state index contributed by atoms with van der Waals surface area (Å²) in [4.78, 5) is 16.2. The van der Waals surface area contributed by atoms with Gasteiger partial charge in [-0.3, -0.25) is 4.79 Å². The lowest BCUT2D eigenvalue weighted by atomic mass is 10.1. The van der Waals surface area contributed by atoms with Gasteiger partial charge in [-0.05, 0) is 25.3 Å². The summed E-state index contributed by atoms with van der Waals surface area (Å²) in [5.41, 5.74) is 1.09. The third kappa shape index (κ3) is 3.20. The van der Waals surface area contributed by atoms with Crippen LogP contribution in [0.15, 0.2) is 24.5 Å². The molecule has 6 heteroatoms. The first-order chi connectivity index (χ1) is 10.3. The number of carbonyl (C=O) groups is 1. The minimum atomic E-state index is -0.218. The van der Waals surface area contributed by atoms with E-state index in [9.17, 15) is 4.79 Å². The Morgan fingerprint density at radius 1 is 1.43 bits per heavy atom. The molecule has 0 saturated carbocycles. The summed E-state index contributed by atoms with van der Waals surface area (Å²) >= 11 is 0. The van der Waals surface area contributed by atoms with Gasteiger partial charge in [0, 0.05) is 18.9 Å². The molecule has 1 atom stereocenters. The second-order valence-corrected chi connectivity index (χ2v) is 4.79. The van der Waals surface area contributed by atoms with Crippen LogP contribution < -0.4 is 5.32 Å². The van der Waals surface area contributed by atoms with Crippen molar-refractivity contribution in [2.24, 2.45) is 0 Å². The van der Waals surface area contributed by atoms with Gasteiger partial charge in [0.25, 0.3) is 5.91 Å². The quantitative estimate of drug-likeness (QED) is 0.836. The van der Waals surface area contributed by atoms with Crippen molar-refractivity contribution in [3.8, 4) is 11.8 Å². The molecule has 0 bridgehead atoms. The fraction of sp³-hybridized carbons (Fsp3) is 0.400. The lowest BCUT2D eigenvalue weighted by molar-refractivity contribution is 0.0525. The highest BCUT2D eigenvalue weighted by molar-refractivity contribution is 5.93. The average Bonchev–Trinajstić information content (AvgIpc) is 3.01. The van der Waals surface area contributed by atoms with Gasteiger partial charge in [0.1, 0.15) is 11.8 Å². The summed E-state index contributed by atoms with van der Waals surface area (Å²) in [7, 11) is 0. The molecule has 1 aliphatic rings.